The molecule has 1 aromatic heterocycles. The molecule has 174 valence electrons. The highest BCUT2D eigenvalue weighted by Gasteiger charge is 2.42. The van der Waals surface area contributed by atoms with E-state index in [0.29, 0.717) is 21.4 Å². The molecule has 3 atom stereocenters. The number of aliphatic hydroxyl groups excluding tert-OH is 1. The molecular formula is C21H21N3O9. The quantitative estimate of drug-likeness (QED) is 0.188. The zero-order chi connectivity index (χ0) is 23.7. The fourth-order valence-electron chi connectivity index (χ4n) is 4.00. The van der Waals surface area contributed by atoms with Crippen LogP contribution in [0.3, 0.4) is 0 Å². The molecule has 0 saturated carbocycles. The smallest absolute Gasteiger partial charge is 0.407 e. The Kier molecular flexibility index (Phi) is 5.92. The molecule has 4 rings (SSSR count). The van der Waals surface area contributed by atoms with Gasteiger partial charge in [-0.25, -0.2) is 4.79 Å². The number of carbonyl (C=O) groups is 2. The first kappa shape index (κ1) is 22.1. The molecule has 0 radical (unpaired) electrons. The minimum atomic E-state index is -1.97. The number of benzene rings is 1. The van der Waals surface area contributed by atoms with Crippen LogP contribution in [0.1, 0.15) is 41.4 Å². The first-order chi connectivity index (χ1) is 15.8. The number of hydrogen-bond acceptors (Lipinski definition) is 9. The first-order valence-corrected chi connectivity index (χ1v) is 10.1. The zero-order valence-corrected chi connectivity index (χ0v) is 17.2. The Bertz CT molecular complexity index is 1090. The second kappa shape index (κ2) is 8.82. The number of allylic oxidation sites excluding steroid dienone is 2. The molecule has 2 bridgehead atoms. The third-order valence-corrected chi connectivity index (χ3v) is 5.62. The van der Waals surface area contributed by atoms with Gasteiger partial charge in [0, 0.05) is 48.1 Å². The number of ether oxygens (including phenoxy) is 1. The number of aliphatic hydroxyl groups is 1. The van der Waals surface area contributed by atoms with Gasteiger partial charge in [-0.15, -0.1) is 4.73 Å². The molecule has 1 amide bonds. The second-order valence-corrected chi connectivity index (χ2v) is 7.70. The topological polar surface area (TPSA) is 173 Å². The van der Waals surface area contributed by atoms with E-state index in [9.17, 15) is 35.0 Å². The Labute approximate surface area is 186 Å². The molecule has 0 spiro atoms. The van der Waals surface area contributed by atoms with Crippen LogP contribution in [0.4, 0.5) is 10.5 Å². The number of nitrogens with zero attached hydrogens (tertiary/aromatic N) is 2. The molecule has 2 aromatic rings. The highest BCUT2D eigenvalue weighted by atomic mass is 16.8. The standard InChI is InChI=1S/C21H21N3O9/c25-15(7-8-22-21(29)32-10-11-1-5-14(6-2-11)24(30)31)20(28)33-23-18(26)16-12-3-4-13(9-12)17(16)19(23)27/h1-6,12-13,20,26-28H,7-10H2,(H,22,29)/t12-,13?,20?/m0/s1. The lowest BCUT2D eigenvalue weighted by atomic mass is 10.0. The highest BCUT2D eigenvalue weighted by Crippen LogP contribution is 2.56. The van der Waals surface area contributed by atoms with E-state index in [1.54, 1.807) is 0 Å². The molecule has 0 saturated heterocycles. The van der Waals surface area contributed by atoms with Crippen LogP contribution < -0.4 is 10.2 Å². The number of nitrogens with one attached hydrogen (secondary N) is 1. The van der Waals surface area contributed by atoms with Crippen molar-refractivity contribution in [3.63, 3.8) is 0 Å². The number of Topliss-reactive ketones (excluding diaryl/α,β-unsaturated/α-hetero) is 1. The Hall–Kier alpha value is -4.06. The van der Waals surface area contributed by atoms with Crippen molar-refractivity contribution in [3.8, 4) is 11.8 Å². The average Bonchev–Trinajstić information content (AvgIpc) is 3.48. The maximum Gasteiger partial charge on any atom is 0.407 e. The van der Waals surface area contributed by atoms with Crippen molar-refractivity contribution >= 4 is 17.6 Å². The van der Waals surface area contributed by atoms with E-state index < -0.39 is 23.1 Å². The lowest BCUT2D eigenvalue weighted by molar-refractivity contribution is -0.384. The van der Waals surface area contributed by atoms with Crippen molar-refractivity contribution in [2.24, 2.45) is 0 Å². The van der Waals surface area contributed by atoms with E-state index in [1.165, 1.54) is 24.3 Å². The largest absolute Gasteiger partial charge is 0.492 e. The van der Waals surface area contributed by atoms with E-state index in [2.05, 4.69) is 5.32 Å². The van der Waals surface area contributed by atoms with Crippen LogP contribution in [0.5, 0.6) is 11.8 Å². The van der Waals surface area contributed by atoms with Gasteiger partial charge in [-0.05, 0) is 24.1 Å². The van der Waals surface area contributed by atoms with Crippen LogP contribution in [0.25, 0.3) is 0 Å². The van der Waals surface area contributed by atoms with Gasteiger partial charge in [-0.1, -0.05) is 12.2 Å². The van der Waals surface area contributed by atoms with Crippen molar-refractivity contribution in [1.82, 2.24) is 10.0 Å². The highest BCUT2D eigenvalue weighted by molar-refractivity contribution is 5.82. The van der Waals surface area contributed by atoms with E-state index in [4.69, 9.17) is 9.57 Å². The van der Waals surface area contributed by atoms with Gasteiger partial charge in [-0.2, -0.15) is 0 Å². The molecule has 4 N–H and O–H groups in total. The Balaban J connectivity index is 1.22. The predicted molar refractivity (Wildman–Crippen MR) is 110 cm³/mol. The summed E-state index contributed by atoms with van der Waals surface area (Å²) >= 11 is 0. The number of rotatable bonds is 9. The van der Waals surface area contributed by atoms with Crippen LogP contribution in [0.2, 0.25) is 0 Å². The van der Waals surface area contributed by atoms with E-state index in [-0.39, 0.29) is 48.9 Å². The van der Waals surface area contributed by atoms with Crippen LogP contribution in [-0.4, -0.2) is 49.7 Å². The Morgan fingerprint density at radius 1 is 1.15 bits per heavy atom. The molecule has 1 aromatic carbocycles. The van der Waals surface area contributed by atoms with Gasteiger partial charge in [-0.3, -0.25) is 14.9 Å². The summed E-state index contributed by atoms with van der Waals surface area (Å²) in [6.45, 7) is -0.288. The van der Waals surface area contributed by atoms with E-state index in [0.717, 1.165) is 6.42 Å². The summed E-state index contributed by atoms with van der Waals surface area (Å²) in [5, 5.41) is 43.7. The molecule has 0 aliphatic heterocycles. The minimum Gasteiger partial charge on any atom is -0.492 e. The fraction of sp³-hybridized carbons (Fsp3) is 0.333. The lowest BCUT2D eigenvalue weighted by Gasteiger charge is -2.15. The molecule has 2 unspecified atom stereocenters. The van der Waals surface area contributed by atoms with E-state index >= 15 is 0 Å². The third kappa shape index (κ3) is 4.32. The zero-order valence-electron chi connectivity index (χ0n) is 17.2. The molecule has 1 heterocycles. The number of amides is 1. The van der Waals surface area contributed by atoms with Crippen LogP contribution in [0.15, 0.2) is 36.4 Å². The Morgan fingerprint density at radius 3 is 2.33 bits per heavy atom. The minimum absolute atomic E-state index is 0.0465. The Morgan fingerprint density at radius 2 is 1.76 bits per heavy atom. The number of hydrogen-bond donors (Lipinski definition) is 4. The number of alkyl carbamates (subject to hydrolysis) is 1. The molecule has 12 nitrogen and oxygen atoms in total. The number of fused-ring (bicyclic) bond motifs is 5. The normalized spacial score (nSPS) is 18.6. The molecule has 12 heteroatoms. The van der Waals surface area contributed by atoms with Crippen molar-refractivity contribution in [1.29, 1.82) is 0 Å². The lowest BCUT2D eigenvalue weighted by Crippen LogP contribution is -2.35. The van der Waals surface area contributed by atoms with Crippen molar-refractivity contribution in [3.05, 3.63) is 63.2 Å². The molecule has 2 aliphatic rings. The molecule has 0 fully saturated rings. The summed E-state index contributed by atoms with van der Waals surface area (Å²) in [6.07, 6.45) is 1.49. The maximum absolute atomic E-state index is 12.1. The van der Waals surface area contributed by atoms with Crippen LogP contribution in [0, 0.1) is 10.1 Å². The summed E-state index contributed by atoms with van der Waals surface area (Å²) in [5.74, 6) is -1.61. The van der Waals surface area contributed by atoms with Gasteiger partial charge >= 0.3 is 6.09 Å². The van der Waals surface area contributed by atoms with Gasteiger partial charge < -0.3 is 30.2 Å². The summed E-state index contributed by atoms with van der Waals surface area (Å²) < 4.78 is 5.60. The number of non-ortho nitro benzene ring substituents is 1. The molecule has 33 heavy (non-hydrogen) atoms. The van der Waals surface area contributed by atoms with Crippen molar-refractivity contribution in [2.45, 2.75) is 37.6 Å². The number of aromatic hydroxyl groups is 2. The van der Waals surface area contributed by atoms with Gasteiger partial charge in [0.25, 0.3) is 12.0 Å². The maximum atomic E-state index is 12.1. The summed E-state index contributed by atoms with van der Waals surface area (Å²) in [7, 11) is 0. The van der Waals surface area contributed by atoms with Gasteiger partial charge in [0.2, 0.25) is 17.5 Å². The van der Waals surface area contributed by atoms with Gasteiger partial charge in [0.15, 0.2) is 0 Å². The van der Waals surface area contributed by atoms with Crippen molar-refractivity contribution in [2.75, 3.05) is 6.54 Å². The van der Waals surface area contributed by atoms with Crippen molar-refractivity contribution < 1.29 is 39.4 Å². The SMILES string of the molecule is O=C(NCCC(=O)C(O)On1c(O)c2c(c1O)[C@H]1C=CC2C1)OCc1ccc([N+](=O)[O-])cc1. The number of aromatic nitrogens is 1. The number of nitro benzene ring substituents is 1. The number of nitro groups is 1. The average molecular weight is 459 g/mol. The fourth-order valence-corrected chi connectivity index (χ4v) is 4.00. The summed E-state index contributed by atoms with van der Waals surface area (Å²) in [6, 6.07) is 5.47. The summed E-state index contributed by atoms with van der Waals surface area (Å²) in [5.41, 5.74) is 1.50. The molecular weight excluding hydrogens is 438 g/mol. The van der Waals surface area contributed by atoms with E-state index in [1.807, 2.05) is 12.2 Å². The predicted octanol–water partition coefficient (Wildman–Crippen LogP) is 1.58. The van der Waals surface area contributed by atoms with Crippen LogP contribution in [-0.2, 0) is 16.1 Å². The summed E-state index contributed by atoms with van der Waals surface area (Å²) in [4.78, 5) is 39.0. The molecule has 2 aliphatic carbocycles. The number of carbonyl (C=O) groups excluding carboxylic acids is 2. The first-order valence-electron chi connectivity index (χ1n) is 10.1. The monoisotopic (exact) mass is 459 g/mol. The van der Waals surface area contributed by atoms with Gasteiger partial charge in [0.1, 0.15) is 6.61 Å². The second-order valence-electron chi connectivity index (χ2n) is 7.70. The number of ketones is 1. The van der Waals surface area contributed by atoms with Crippen LogP contribution >= 0.6 is 0 Å². The third-order valence-electron chi connectivity index (χ3n) is 5.62. The van der Waals surface area contributed by atoms with Gasteiger partial charge in [0.05, 0.1) is 4.92 Å².